The third-order valence-electron chi connectivity index (χ3n) is 4.55. The Hall–Kier alpha value is -2.10. The van der Waals surface area contributed by atoms with Gasteiger partial charge in [0.05, 0.1) is 0 Å². The molecule has 2 N–H and O–H groups in total. The van der Waals surface area contributed by atoms with Crippen LogP contribution in [0, 0.1) is 11.6 Å². The lowest BCUT2D eigenvalue weighted by molar-refractivity contribution is 0.575. The van der Waals surface area contributed by atoms with Gasteiger partial charge in [0.25, 0.3) is 0 Å². The Labute approximate surface area is 122 Å². The van der Waals surface area contributed by atoms with Gasteiger partial charge in [-0.15, -0.1) is 0 Å². The molecule has 0 fully saturated rings. The zero-order valence-corrected chi connectivity index (χ0v) is 11.5. The van der Waals surface area contributed by atoms with Gasteiger partial charge in [-0.3, -0.25) is 0 Å². The van der Waals surface area contributed by atoms with E-state index in [1.165, 1.54) is 12.1 Å². The van der Waals surface area contributed by atoms with Gasteiger partial charge in [-0.05, 0) is 53.9 Å². The molecule has 0 saturated heterocycles. The first kappa shape index (κ1) is 12.6. The maximum absolute atomic E-state index is 13.5. The van der Waals surface area contributed by atoms with Gasteiger partial charge in [-0.1, -0.05) is 0 Å². The van der Waals surface area contributed by atoms with E-state index in [0.717, 1.165) is 42.0 Å². The van der Waals surface area contributed by atoms with Crippen molar-refractivity contribution in [2.24, 2.45) is 0 Å². The molecule has 2 atom stereocenters. The highest BCUT2D eigenvalue weighted by Crippen LogP contribution is 2.42. The van der Waals surface area contributed by atoms with E-state index in [1.807, 2.05) is 0 Å². The van der Waals surface area contributed by atoms with Gasteiger partial charge < -0.3 is 10.6 Å². The second kappa shape index (κ2) is 4.72. The molecule has 2 aliphatic heterocycles. The fourth-order valence-electron chi connectivity index (χ4n) is 3.51. The van der Waals surface area contributed by atoms with Crippen LogP contribution in [0.3, 0.4) is 0 Å². The molecule has 0 aromatic heterocycles. The van der Waals surface area contributed by atoms with Crippen LogP contribution < -0.4 is 10.6 Å². The lowest BCUT2D eigenvalue weighted by atomic mass is 9.87. The van der Waals surface area contributed by atoms with Crippen LogP contribution >= 0.6 is 0 Å². The van der Waals surface area contributed by atoms with E-state index in [0.29, 0.717) is 0 Å². The maximum Gasteiger partial charge on any atom is 0.123 e. The van der Waals surface area contributed by atoms with Crippen molar-refractivity contribution in [3.63, 3.8) is 0 Å². The van der Waals surface area contributed by atoms with Crippen LogP contribution in [0.4, 0.5) is 20.2 Å². The third kappa shape index (κ3) is 2.15. The summed E-state index contributed by atoms with van der Waals surface area (Å²) in [5.41, 5.74) is 4.12. The number of hydrogen-bond donors (Lipinski definition) is 2. The van der Waals surface area contributed by atoms with Gasteiger partial charge in [0.2, 0.25) is 0 Å². The van der Waals surface area contributed by atoms with Crippen LogP contribution in [0.1, 0.15) is 29.4 Å². The third-order valence-corrected chi connectivity index (χ3v) is 4.55. The molecule has 0 bridgehead atoms. The molecular weight excluding hydrogens is 270 g/mol. The van der Waals surface area contributed by atoms with E-state index in [-0.39, 0.29) is 23.5 Å². The van der Waals surface area contributed by atoms with Gasteiger partial charge in [0.1, 0.15) is 11.6 Å². The lowest BCUT2D eigenvalue weighted by Gasteiger charge is -2.16. The fourth-order valence-corrected chi connectivity index (χ4v) is 3.51. The molecule has 2 unspecified atom stereocenters. The van der Waals surface area contributed by atoms with Gasteiger partial charge in [-0.2, -0.15) is 0 Å². The Morgan fingerprint density at radius 2 is 1.29 bits per heavy atom. The minimum Gasteiger partial charge on any atom is -0.384 e. The fraction of sp³-hybridized carbons (Fsp3) is 0.294. The second-order valence-corrected chi connectivity index (χ2v) is 5.85. The maximum atomic E-state index is 13.5. The monoisotopic (exact) mass is 286 g/mol. The number of hydrogen-bond acceptors (Lipinski definition) is 2. The van der Waals surface area contributed by atoms with E-state index in [9.17, 15) is 8.78 Å². The number of rotatable bonds is 2. The second-order valence-electron chi connectivity index (χ2n) is 5.85. The predicted molar refractivity (Wildman–Crippen MR) is 79.9 cm³/mol. The largest absolute Gasteiger partial charge is 0.384 e. The van der Waals surface area contributed by atoms with Crippen LogP contribution in [-0.2, 0) is 0 Å². The quantitative estimate of drug-likeness (QED) is 0.869. The molecule has 2 heterocycles. The average Bonchev–Trinajstić information content (AvgIpc) is 3.04. The summed E-state index contributed by atoms with van der Waals surface area (Å²) >= 11 is 0. The van der Waals surface area contributed by atoms with Crippen molar-refractivity contribution in [2.45, 2.75) is 18.3 Å². The molecule has 2 nitrogen and oxygen atoms in total. The van der Waals surface area contributed by atoms with Gasteiger partial charge in [0.15, 0.2) is 0 Å². The van der Waals surface area contributed by atoms with Crippen LogP contribution in [0.5, 0.6) is 0 Å². The van der Waals surface area contributed by atoms with Gasteiger partial charge in [0, 0.05) is 36.3 Å². The molecular formula is C17H16F2N2. The van der Waals surface area contributed by atoms with Gasteiger partial charge >= 0.3 is 0 Å². The molecule has 0 amide bonds. The Morgan fingerprint density at radius 3 is 1.76 bits per heavy atom. The topological polar surface area (TPSA) is 24.1 Å². The van der Waals surface area contributed by atoms with Crippen LogP contribution in [-0.4, -0.2) is 13.1 Å². The Balaban J connectivity index is 1.60. The van der Waals surface area contributed by atoms with Gasteiger partial charge in [-0.25, -0.2) is 8.78 Å². The van der Waals surface area contributed by atoms with Crippen LogP contribution in [0.25, 0.3) is 0 Å². The number of nitrogens with one attached hydrogen (secondary N) is 2. The molecule has 108 valence electrons. The normalized spacial score (nSPS) is 22.4. The molecule has 0 spiro atoms. The summed E-state index contributed by atoms with van der Waals surface area (Å²) in [4.78, 5) is 0. The van der Waals surface area contributed by atoms with Crippen molar-refractivity contribution in [3.05, 3.63) is 59.2 Å². The van der Waals surface area contributed by atoms with Crippen molar-refractivity contribution in [1.29, 1.82) is 0 Å². The summed E-state index contributed by atoms with van der Waals surface area (Å²) in [7, 11) is 0. The van der Waals surface area contributed by atoms with E-state index >= 15 is 0 Å². The Morgan fingerprint density at radius 1 is 0.810 bits per heavy atom. The number of benzene rings is 2. The summed E-state index contributed by atoms with van der Waals surface area (Å²) in [6, 6.07) is 9.80. The number of halogens is 2. The molecule has 21 heavy (non-hydrogen) atoms. The summed E-state index contributed by atoms with van der Waals surface area (Å²) < 4.78 is 26.9. The first-order valence-electron chi connectivity index (χ1n) is 7.27. The molecule has 4 rings (SSSR count). The molecule has 4 heteroatoms. The minimum atomic E-state index is -0.196. The van der Waals surface area contributed by atoms with Crippen molar-refractivity contribution in [1.82, 2.24) is 0 Å². The van der Waals surface area contributed by atoms with E-state index in [4.69, 9.17) is 0 Å². The first-order chi connectivity index (χ1) is 10.2. The van der Waals surface area contributed by atoms with Crippen molar-refractivity contribution in [2.75, 3.05) is 23.7 Å². The summed E-state index contributed by atoms with van der Waals surface area (Å²) in [6.45, 7) is 1.64. The Bertz CT molecular complexity index is 640. The highest BCUT2D eigenvalue weighted by atomic mass is 19.1. The Kier molecular flexibility index (Phi) is 2.84. The SMILES string of the molecule is Fc1ccc2c(c1)C(CC1CNc3ccc(F)cc31)CN2. The van der Waals surface area contributed by atoms with Crippen LogP contribution in [0.2, 0.25) is 0 Å². The summed E-state index contributed by atoms with van der Waals surface area (Å²) in [5.74, 6) is 0.158. The molecule has 2 aromatic rings. The molecule has 0 aliphatic carbocycles. The molecule has 2 aromatic carbocycles. The van der Waals surface area contributed by atoms with E-state index < -0.39 is 0 Å². The highest BCUT2D eigenvalue weighted by molar-refractivity contribution is 5.60. The molecule has 0 saturated carbocycles. The number of fused-ring (bicyclic) bond motifs is 2. The van der Waals surface area contributed by atoms with Crippen LogP contribution in [0.15, 0.2) is 36.4 Å². The van der Waals surface area contributed by atoms with E-state index in [2.05, 4.69) is 10.6 Å². The predicted octanol–water partition coefficient (Wildman–Crippen LogP) is 4.07. The van der Waals surface area contributed by atoms with E-state index in [1.54, 1.807) is 24.3 Å². The average molecular weight is 286 g/mol. The summed E-state index contributed by atoms with van der Waals surface area (Å²) in [5, 5.41) is 6.65. The smallest absolute Gasteiger partial charge is 0.123 e. The molecule has 0 radical (unpaired) electrons. The lowest BCUT2D eigenvalue weighted by Crippen LogP contribution is -2.10. The van der Waals surface area contributed by atoms with Crippen molar-refractivity contribution < 1.29 is 8.78 Å². The van der Waals surface area contributed by atoms with Crippen molar-refractivity contribution in [3.8, 4) is 0 Å². The van der Waals surface area contributed by atoms with Crippen molar-refractivity contribution >= 4 is 11.4 Å². The highest BCUT2D eigenvalue weighted by Gasteiger charge is 2.30. The summed E-state index contributed by atoms with van der Waals surface area (Å²) in [6.07, 6.45) is 0.896. The zero-order chi connectivity index (χ0) is 14.4. The minimum absolute atomic E-state index is 0.196. The zero-order valence-electron chi connectivity index (χ0n) is 11.5. The number of anilines is 2. The first-order valence-corrected chi connectivity index (χ1v) is 7.27. The molecule has 2 aliphatic rings. The standard InChI is InChI=1S/C17H16F2N2/c18-12-1-3-16-14(6-12)10(8-20-16)5-11-9-21-17-4-2-13(19)7-15(11)17/h1-4,6-7,10-11,20-21H,5,8-9H2.